The zero-order valence-electron chi connectivity index (χ0n) is 15.3. The quantitative estimate of drug-likeness (QED) is 0.556. The summed E-state index contributed by atoms with van der Waals surface area (Å²) in [6.07, 6.45) is -0.814. The van der Waals surface area contributed by atoms with Gasteiger partial charge in [0.15, 0.2) is 11.7 Å². The third-order valence-electron chi connectivity index (χ3n) is 4.46. The number of nitrogens with zero attached hydrogens (tertiary/aromatic N) is 4. The van der Waals surface area contributed by atoms with Gasteiger partial charge in [0, 0.05) is 29.3 Å². The van der Waals surface area contributed by atoms with Gasteiger partial charge in [-0.3, -0.25) is 14.8 Å². The molecular formula is C20H14ClF3N4O. The van der Waals surface area contributed by atoms with E-state index in [2.05, 4.69) is 9.97 Å². The first-order valence-electron chi connectivity index (χ1n) is 8.41. The van der Waals surface area contributed by atoms with Crippen molar-refractivity contribution in [3.8, 4) is 11.8 Å². The smallest absolute Gasteiger partial charge is 0.316 e. The van der Waals surface area contributed by atoms with Gasteiger partial charge in [-0.05, 0) is 38.1 Å². The Morgan fingerprint density at radius 3 is 2.55 bits per heavy atom. The molecule has 0 saturated heterocycles. The lowest BCUT2D eigenvalue weighted by molar-refractivity contribution is -0.137. The molecule has 0 bridgehead atoms. The zero-order valence-corrected chi connectivity index (χ0v) is 16.1. The van der Waals surface area contributed by atoms with Gasteiger partial charge in [0.2, 0.25) is 0 Å². The zero-order chi connectivity index (χ0) is 21.3. The van der Waals surface area contributed by atoms with E-state index < -0.39 is 23.4 Å². The summed E-state index contributed by atoms with van der Waals surface area (Å²) in [6, 6.07) is 7.66. The fourth-order valence-electron chi connectivity index (χ4n) is 3.11. The summed E-state index contributed by atoms with van der Waals surface area (Å²) in [7, 11) is 0. The summed E-state index contributed by atoms with van der Waals surface area (Å²) in [5, 5.41) is 9.15. The standard InChI is InChI=1S/C20H14ClF3N4O/c1-11-6-15(12(2)28(11)14-4-3-5-26-10-14)19(29)16(8-25)18-17(21)7-13(9-27-18)20(22,23)24/h3-7,9-10,16H,1-2H3/t16-/m0/s1. The van der Waals surface area contributed by atoms with Crippen LogP contribution in [0.1, 0.15) is 38.9 Å². The van der Waals surface area contributed by atoms with Crippen molar-refractivity contribution in [2.45, 2.75) is 25.9 Å². The second-order valence-electron chi connectivity index (χ2n) is 6.35. The van der Waals surface area contributed by atoms with E-state index in [1.54, 1.807) is 42.9 Å². The fourth-order valence-corrected chi connectivity index (χ4v) is 3.39. The number of pyridine rings is 2. The molecule has 0 unspecified atom stereocenters. The van der Waals surface area contributed by atoms with E-state index in [1.807, 2.05) is 12.1 Å². The van der Waals surface area contributed by atoms with Crippen molar-refractivity contribution < 1.29 is 18.0 Å². The summed E-state index contributed by atoms with van der Waals surface area (Å²) in [4.78, 5) is 20.8. The number of hydrogen-bond donors (Lipinski definition) is 0. The second kappa shape index (κ2) is 7.68. The lowest BCUT2D eigenvalue weighted by Crippen LogP contribution is -2.15. The number of nitriles is 1. The van der Waals surface area contributed by atoms with Gasteiger partial charge in [-0.2, -0.15) is 18.4 Å². The van der Waals surface area contributed by atoms with E-state index in [0.717, 1.165) is 11.4 Å². The van der Waals surface area contributed by atoms with Crippen molar-refractivity contribution in [2.24, 2.45) is 0 Å². The maximum atomic E-state index is 13.1. The number of aryl methyl sites for hydroxylation is 1. The number of ketones is 1. The number of alkyl halides is 3. The van der Waals surface area contributed by atoms with Gasteiger partial charge in [-0.25, -0.2) is 0 Å². The maximum Gasteiger partial charge on any atom is 0.417 e. The fraction of sp³-hybridized carbons (Fsp3) is 0.200. The Morgan fingerprint density at radius 2 is 2.00 bits per heavy atom. The molecule has 1 atom stereocenters. The molecular weight excluding hydrogens is 405 g/mol. The van der Waals surface area contributed by atoms with Crippen LogP contribution < -0.4 is 0 Å². The average Bonchev–Trinajstić information content (AvgIpc) is 2.97. The molecule has 0 fully saturated rings. The van der Waals surface area contributed by atoms with Crippen LogP contribution in [-0.2, 0) is 6.18 Å². The molecule has 0 aromatic carbocycles. The molecule has 0 aliphatic heterocycles. The van der Waals surface area contributed by atoms with E-state index in [9.17, 15) is 23.2 Å². The molecule has 0 saturated carbocycles. The highest BCUT2D eigenvalue weighted by Crippen LogP contribution is 2.34. The summed E-state index contributed by atoms with van der Waals surface area (Å²) < 4.78 is 40.3. The van der Waals surface area contributed by atoms with Crippen LogP contribution in [0.3, 0.4) is 0 Å². The highest BCUT2D eigenvalue weighted by atomic mass is 35.5. The summed E-state index contributed by atoms with van der Waals surface area (Å²) in [5.74, 6) is -2.03. The first-order valence-corrected chi connectivity index (χ1v) is 8.78. The Hall–Kier alpha value is -3.18. The van der Waals surface area contributed by atoms with Crippen LogP contribution in [0.5, 0.6) is 0 Å². The molecule has 0 aliphatic rings. The number of aromatic nitrogens is 3. The molecule has 0 amide bonds. The average molecular weight is 419 g/mol. The first kappa shape index (κ1) is 20.6. The van der Waals surface area contributed by atoms with Crippen LogP contribution in [0.4, 0.5) is 13.2 Å². The monoisotopic (exact) mass is 418 g/mol. The van der Waals surface area contributed by atoms with Crippen LogP contribution in [0.25, 0.3) is 5.69 Å². The molecule has 3 rings (SSSR count). The maximum absolute atomic E-state index is 13.1. The van der Waals surface area contributed by atoms with Crippen molar-refractivity contribution in [3.63, 3.8) is 0 Å². The van der Waals surface area contributed by atoms with E-state index >= 15 is 0 Å². The molecule has 3 aromatic rings. The Bertz CT molecular complexity index is 1120. The van der Waals surface area contributed by atoms with Crippen LogP contribution in [0, 0.1) is 25.2 Å². The normalized spacial score (nSPS) is 12.4. The van der Waals surface area contributed by atoms with Crippen LogP contribution >= 0.6 is 11.6 Å². The van der Waals surface area contributed by atoms with Crippen molar-refractivity contribution in [1.29, 1.82) is 5.26 Å². The predicted octanol–water partition coefficient (Wildman–Crippen LogP) is 5.05. The topological polar surface area (TPSA) is 71.6 Å². The number of hydrogen-bond acceptors (Lipinski definition) is 4. The highest BCUT2D eigenvalue weighted by Gasteiger charge is 2.34. The molecule has 9 heteroatoms. The summed E-state index contributed by atoms with van der Waals surface area (Å²) in [6.45, 7) is 3.50. The lowest BCUT2D eigenvalue weighted by Gasteiger charge is -2.13. The minimum atomic E-state index is -4.63. The number of rotatable bonds is 4. The Labute approximate surface area is 169 Å². The van der Waals surface area contributed by atoms with Crippen molar-refractivity contribution in [3.05, 3.63) is 76.1 Å². The minimum absolute atomic E-state index is 0.210. The molecule has 0 spiro atoms. The summed E-state index contributed by atoms with van der Waals surface area (Å²) in [5.41, 5.74) is 1.05. The predicted molar refractivity (Wildman–Crippen MR) is 100.0 cm³/mol. The van der Waals surface area contributed by atoms with Crippen LogP contribution in [0.2, 0.25) is 5.02 Å². The van der Waals surface area contributed by atoms with E-state index in [-0.39, 0.29) is 16.3 Å². The Balaban J connectivity index is 2.03. The number of carbonyl (C=O) groups excluding carboxylic acids is 1. The molecule has 29 heavy (non-hydrogen) atoms. The molecule has 3 aromatic heterocycles. The molecule has 0 N–H and O–H groups in total. The highest BCUT2D eigenvalue weighted by molar-refractivity contribution is 6.31. The summed E-state index contributed by atoms with van der Waals surface area (Å²) >= 11 is 5.93. The molecule has 148 valence electrons. The Kier molecular flexibility index (Phi) is 5.44. The van der Waals surface area contributed by atoms with Crippen molar-refractivity contribution in [2.75, 3.05) is 0 Å². The SMILES string of the molecule is Cc1cc(C(=O)[C@@H](C#N)c2ncc(C(F)(F)F)cc2Cl)c(C)n1-c1cccnc1. The van der Waals surface area contributed by atoms with Crippen molar-refractivity contribution in [1.82, 2.24) is 14.5 Å². The van der Waals surface area contributed by atoms with E-state index in [4.69, 9.17) is 11.6 Å². The minimum Gasteiger partial charge on any atom is -0.316 e. The van der Waals surface area contributed by atoms with Gasteiger partial charge in [-0.15, -0.1) is 0 Å². The van der Waals surface area contributed by atoms with Gasteiger partial charge in [-0.1, -0.05) is 11.6 Å². The number of carbonyl (C=O) groups is 1. The Morgan fingerprint density at radius 1 is 1.28 bits per heavy atom. The second-order valence-corrected chi connectivity index (χ2v) is 6.75. The van der Waals surface area contributed by atoms with E-state index in [1.165, 1.54) is 0 Å². The lowest BCUT2D eigenvalue weighted by atomic mass is 9.95. The van der Waals surface area contributed by atoms with Gasteiger partial charge in [0.25, 0.3) is 0 Å². The van der Waals surface area contributed by atoms with Crippen molar-refractivity contribution >= 4 is 17.4 Å². The van der Waals surface area contributed by atoms with Crippen LogP contribution in [0.15, 0.2) is 42.9 Å². The van der Waals surface area contributed by atoms with Gasteiger partial charge >= 0.3 is 6.18 Å². The molecule has 3 heterocycles. The molecule has 0 radical (unpaired) electrons. The van der Waals surface area contributed by atoms with Gasteiger partial charge in [0.05, 0.1) is 34.2 Å². The van der Waals surface area contributed by atoms with Gasteiger partial charge < -0.3 is 4.57 Å². The van der Waals surface area contributed by atoms with Gasteiger partial charge in [0.1, 0.15) is 0 Å². The third kappa shape index (κ3) is 3.87. The van der Waals surface area contributed by atoms with Crippen LogP contribution in [-0.4, -0.2) is 20.3 Å². The third-order valence-corrected chi connectivity index (χ3v) is 4.77. The largest absolute Gasteiger partial charge is 0.417 e. The molecule has 5 nitrogen and oxygen atoms in total. The number of halogens is 4. The number of Topliss-reactive ketones (excluding diaryl/α,β-unsaturated/α-hetero) is 1. The van der Waals surface area contributed by atoms with E-state index in [0.29, 0.717) is 18.0 Å². The molecule has 0 aliphatic carbocycles. The first-order chi connectivity index (χ1) is 13.6.